The molecule has 1 unspecified atom stereocenters. The molecule has 1 saturated heterocycles. The average molecular weight is 269 g/mol. The number of ether oxygens (including phenoxy) is 1. The van der Waals surface area contributed by atoms with E-state index in [2.05, 4.69) is 41.5 Å². The molecule has 0 spiro atoms. The van der Waals surface area contributed by atoms with Gasteiger partial charge in [-0.05, 0) is 18.9 Å². The zero-order chi connectivity index (χ0) is 13.0. The molecule has 0 aliphatic carbocycles. The number of rotatable bonds is 6. The van der Waals surface area contributed by atoms with Crippen LogP contribution in [0.5, 0.6) is 0 Å². The van der Waals surface area contributed by atoms with E-state index in [9.17, 15) is 0 Å². The summed E-state index contributed by atoms with van der Waals surface area (Å²) < 4.78 is 5.42. The molecule has 0 radical (unpaired) electrons. The van der Waals surface area contributed by atoms with E-state index in [1.54, 1.807) is 11.3 Å². The van der Waals surface area contributed by atoms with Crippen molar-refractivity contribution >= 4 is 16.5 Å². The first-order valence-electron chi connectivity index (χ1n) is 6.62. The smallest absolute Gasteiger partial charge is 0.185 e. The van der Waals surface area contributed by atoms with Crippen LogP contribution in [0, 0.1) is 5.92 Å². The van der Waals surface area contributed by atoms with Crippen LogP contribution in [0.2, 0.25) is 0 Å². The quantitative estimate of drug-likeness (QED) is 0.858. The molecule has 0 bridgehead atoms. The Bertz CT molecular complexity index is 361. The molecule has 0 amide bonds. The van der Waals surface area contributed by atoms with Crippen molar-refractivity contribution in [3.05, 3.63) is 11.1 Å². The van der Waals surface area contributed by atoms with Gasteiger partial charge < -0.3 is 15.0 Å². The fourth-order valence-electron chi connectivity index (χ4n) is 2.01. The lowest BCUT2D eigenvalue weighted by molar-refractivity contribution is 0.193. The van der Waals surface area contributed by atoms with Crippen LogP contribution in [0.15, 0.2) is 5.38 Å². The number of hydrogen-bond acceptors (Lipinski definition) is 5. The molecule has 4 nitrogen and oxygen atoms in total. The van der Waals surface area contributed by atoms with E-state index in [0.717, 1.165) is 43.5 Å². The minimum Gasteiger partial charge on any atom is -0.379 e. The number of likely N-dealkylation sites (N-methyl/N-ethyl adjacent to an activating group) is 1. The molecule has 2 rings (SSSR count). The number of thiazole rings is 1. The largest absolute Gasteiger partial charge is 0.379 e. The molecule has 2 heterocycles. The van der Waals surface area contributed by atoms with Crippen molar-refractivity contribution in [2.45, 2.75) is 32.9 Å². The maximum absolute atomic E-state index is 5.42. The van der Waals surface area contributed by atoms with Gasteiger partial charge in [0, 0.05) is 25.6 Å². The molecule has 0 aromatic carbocycles. The van der Waals surface area contributed by atoms with Crippen LogP contribution in [0.3, 0.4) is 0 Å². The summed E-state index contributed by atoms with van der Waals surface area (Å²) in [5.74, 6) is 0.682. The zero-order valence-corrected chi connectivity index (χ0v) is 12.3. The maximum atomic E-state index is 5.42. The van der Waals surface area contributed by atoms with Gasteiger partial charge in [0.05, 0.1) is 18.3 Å². The summed E-state index contributed by atoms with van der Waals surface area (Å²) in [6.07, 6.45) is 1.11. The minimum atomic E-state index is 0.493. The second kappa shape index (κ2) is 6.50. The van der Waals surface area contributed by atoms with E-state index >= 15 is 0 Å². The predicted octanol–water partition coefficient (Wildman–Crippen LogP) is 2.11. The van der Waals surface area contributed by atoms with E-state index in [1.807, 2.05) is 0 Å². The van der Waals surface area contributed by atoms with Crippen molar-refractivity contribution in [3.8, 4) is 0 Å². The number of nitrogens with one attached hydrogen (secondary N) is 1. The lowest BCUT2D eigenvalue weighted by Gasteiger charge is -2.21. The van der Waals surface area contributed by atoms with Gasteiger partial charge in [-0.15, -0.1) is 11.3 Å². The second-order valence-corrected chi connectivity index (χ2v) is 6.11. The van der Waals surface area contributed by atoms with Gasteiger partial charge in [-0.3, -0.25) is 0 Å². The molecular weight excluding hydrogens is 246 g/mol. The van der Waals surface area contributed by atoms with E-state index in [0.29, 0.717) is 12.0 Å². The molecule has 1 aromatic heterocycles. The van der Waals surface area contributed by atoms with Crippen LogP contribution in [0.1, 0.15) is 26.0 Å². The summed E-state index contributed by atoms with van der Waals surface area (Å²) in [6.45, 7) is 8.05. The van der Waals surface area contributed by atoms with Gasteiger partial charge in [0.15, 0.2) is 5.13 Å². The van der Waals surface area contributed by atoms with Crippen LogP contribution in [0.25, 0.3) is 0 Å². The number of hydrogen-bond donors (Lipinski definition) is 1. The molecule has 1 fully saturated rings. The van der Waals surface area contributed by atoms with Gasteiger partial charge in [-0.2, -0.15) is 0 Å². The van der Waals surface area contributed by atoms with Crippen LogP contribution in [-0.2, 0) is 11.3 Å². The molecule has 0 saturated carbocycles. The summed E-state index contributed by atoms with van der Waals surface area (Å²) in [4.78, 5) is 6.93. The summed E-state index contributed by atoms with van der Waals surface area (Å²) in [5.41, 5.74) is 1.14. The lowest BCUT2D eigenvalue weighted by atomic mass is 10.2. The van der Waals surface area contributed by atoms with Crippen molar-refractivity contribution < 1.29 is 4.74 Å². The first-order valence-corrected chi connectivity index (χ1v) is 7.50. The second-order valence-electron chi connectivity index (χ2n) is 5.27. The monoisotopic (exact) mass is 269 g/mol. The minimum absolute atomic E-state index is 0.493. The van der Waals surface area contributed by atoms with Gasteiger partial charge in [-0.25, -0.2) is 4.98 Å². The average Bonchev–Trinajstić information content (AvgIpc) is 2.99. The zero-order valence-electron chi connectivity index (χ0n) is 11.5. The standard InChI is InChI=1S/C13H23N3OS/c1-10(2)6-14-7-11-9-18-13(15-11)16(3)12-4-5-17-8-12/h9-10,12,14H,4-8H2,1-3H3. The summed E-state index contributed by atoms with van der Waals surface area (Å²) in [6, 6.07) is 0.493. The molecule has 1 aromatic rings. The fourth-order valence-corrected chi connectivity index (χ4v) is 2.87. The molecule has 18 heavy (non-hydrogen) atoms. The van der Waals surface area contributed by atoms with Crippen molar-refractivity contribution in [1.29, 1.82) is 0 Å². The summed E-state index contributed by atoms with van der Waals surface area (Å²) >= 11 is 1.72. The van der Waals surface area contributed by atoms with Crippen LogP contribution >= 0.6 is 11.3 Å². The molecule has 102 valence electrons. The maximum Gasteiger partial charge on any atom is 0.185 e. The number of anilines is 1. The van der Waals surface area contributed by atoms with Gasteiger partial charge in [0.2, 0.25) is 0 Å². The highest BCUT2D eigenvalue weighted by Crippen LogP contribution is 2.24. The van der Waals surface area contributed by atoms with Crippen LogP contribution in [0.4, 0.5) is 5.13 Å². The third kappa shape index (κ3) is 3.67. The Kier molecular flexibility index (Phi) is 4.97. The highest BCUT2D eigenvalue weighted by Gasteiger charge is 2.22. The van der Waals surface area contributed by atoms with Crippen molar-refractivity contribution in [1.82, 2.24) is 10.3 Å². The Morgan fingerprint density at radius 3 is 3.11 bits per heavy atom. The first kappa shape index (κ1) is 13.8. The summed E-state index contributed by atoms with van der Waals surface area (Å²) in [5, 5.41) is 6.68. The molecule has 1 atom stereocenters. The molecule has 1 N–H and O–H groups in total. The molecule has 5 heteroatoms. The molecule has 1 aliphatic heterocycles. The Balaban J connectivity index is 1.85. The topological polar surface area (TPSA) is 37.4 Å². The first-order chi connectivity index (χ1) is 8.66. The lowest BCUT2D eigenvalue weighted by Crippen LogP contribution is -2.31. The highest BCUT2D eigenvalue weighted by atomic mass is 32.1. The van der Waals surface area contributed by atoms with Gasteiger partial charge in [-0.1, -0.05) is 13.8 Å². The Morgan fingerprint density at radius 2 is 2.44 bits per heavy atom. The van der Waals surface area contributed by atoms with Crippen LogP contribution in [-0.4, -0.2) is 37.8 Å². The number of aromatic nitrogens is 1. The molecule has 1 aliphatic rings. The SMILES string of the molecule is CC(C)CNCc1csc(N(C)C2CCOC2)n1. The van der Waals surface area contributed by atoms with Gasteiger partial charge in [0.1, 0.15) is 0 Å². The van der Waals surface area contributed by atoms with Crippen molar-refractivity contribution in [2.75, 3.05) is 31.7 Å². The Hall–Kier alpha value is -0.650. The fraction of sp³-hybridized carbons (Fsp3) is 0.769. The predicted molar refractivity (Wildman–Crippen MR) is 76.3 cm³/mol. The van der Waals surface area contributed by atoms with E-state index in [-0.39, 0.29) is 0 Å². The van der Waals surface area contributed by atoms with Gasteiger partial charge >= 0.3 is 0 Å². The van der Waals surface area contributed by atoms with E-state index in [1.165, 1.54) is 0 Å². The van der Waals surface area contributed by atoms with Crippen molar-refractivity contribution in [3.63, 3.8) is 0 Å². The van der Waals surface area contributed by atoms with Crippen molar-refractivity contribution in [2.24, 2.45) is 5.92 Å². The van der Waals surface area contributed by atoms with E-state index < -0.39 is 0 Å². The normalized spacial score (nSPS) is 19.7. The summed E-state index contributed by atoms with van der Waals surface area (Å²) in [7, 11) is 2.11. The molecular formula is C13H23N3OS. The Morgan fingerprint density at radius 1 is 1.61 bits per heavy atom. The van der Waals surface area contributed by atoms with Crippen LogP contribution < -0.4 is 10.2 Å². The van der Waals surface area contributed by atoms with Gasteiger partial charge in [0.25, 0.3) is 0 Å². The highest BCUT2D eigenvalue weighted by molar-refractivity contribution is 7.13. The van der Waals surface area contributed by atoms with E-state index in [4.69, 9.17) is 4.74 Å². The third-order valence-corrected chi connectivity index (χ3v) is 4.13. The number of nitrogens with zero attached hydrogens (tertiary/aromatic N) is 2. The Labute approximate surface area is 113 Å². The third-order valence-electron chi connectivity index (χ3n) is 3.15.